The highest BCUT2D eigenvalue weighted by molar-refractivity contribution is 6.42. The van der Waals surface area contributed by atoms with E-state index in [0.29, 0.717) is 52.4 Å². The van der Waals surface area contributed by atoms with Crippen LogP contribution in [-0.4, -0.2) is 28.1 Å². The molecule has 0 bridgehead atoms. The molecule has 1 aliphatic heterocycles. The number of carbonyl (C=O) groups is 1. The minimum Gasteiger partial charge on any atom is -0.508 e. The highest BCUT2D eigenvalue weighted by atomic mass is 35.5. The zero-order valence-corrected chi connectivity index (χ0v) is 21.0. The van der Waals surface area contributed by atoms with E-state index in [1.165, 1.54) is 0 Å². The van der Waals surface area contributed by atoms with Gasteiger partial charge in [0.25, 0.3) is 5.91 Å². The second-order valence-electron chi connectivity index (χ2n) is 9.20. The molecule has 0 spiro atoms. The molecule has 3 aromatic rings. The molecule has 0 aromatic heterocycles. The Morgan fingerprint density at radius 1 is 1.03 bits per heavy atom. The van der Waals surface area contributed by atoms with Crippen molar-refractivity contribution in [1.82, 2.24) is 4.90 Å². The third kappa shape index (κ3) is 4.71. The largest absolute Gasteiger partial charge is 0.508 e. The monoisotopic (exact) mass is 509 g/mol. The summed E-state index contributed by atoms with van der Waals surface area (Å²) < 4.78 is 12.1. The number of benzene rings is 3. The highest BCUT2D eigenvalue weighted by Crippen LogP contribution is 2.37. The molecule has 2 aliphatic rings. The lowest BCUT2D eigenvalue weighted by Gasteiger charge is -2.35. The number of aryl methyl sites for hydroxylation is 1. The molecule has 35 heavy (non-hydrogen) atoms. The van der Waals surface area contributed by atoms with Gasteiger partial charge in [-0.1, -0.05) is 29.3 Å². The summed E-state index contributed by atoms with van der Waals surface area (Å²) in [4.78, 5) is 15.0. The van der Waals surface area contributed by atoms with Crippen molar-refractivity contribution in [3.63, 3.8) is 0 Å². The van der Waals surface area contributed by atoms with Crippen LogP contribution in [0.3, 0.4) is 0 Å². The predicted molar refractivity (Wildman–Crippen MR) is 137 cm³/mol. The van der Waals surface area contributed by atoms with Crippen LogP contribution in [0.15, 0.2) is 66.4 Å². The van der Waals surface area contributed by atoms with E-state index >= 15 is 0 Å². The van der Waals surface area contributed by atoms with E-state index in [2.05, 4.69) is 0 Å². The van der Waals surface area contributed by atoms with E-state index in [1.807, 2.05) is 61.2 Å². The number of nitrogens with zero attached hydrogens (tertiary/aromatic N) is 1. The first-order valence-electron chi connectivity index (χ1n) is 11.4. The van der Waals surface area contributed by atoms with Crippen molar-refractivity contribution in [2.24, 2.45) is 0 Å². The summed E-state index contributed by atoms with van der Waals surface area (Å²) in [6.45, 7) is 4.89. The van der Waals surface area contributed by atoms with Gasteiger partial charge >= 0.3 is 0 Å². The Morgan fingerprint density at radius 2 is 1.77 bits per heavy atom. The Hall–Kier alpha value is -3.15. The fourth-order valence-corrected chi connectivity index (χ4v) is 4.72. The number of hydrogen-bond acceptors (Lipinski definition) is 4. The number of fused-ring (bicyclic) bond motifs is 1. The maximum atomic E-state index is 13.2. The first kappa shape index (κ1) is 23.6. The number of hydrogen-bond donors (Lipinski definition) is 1. The number of halogens is 2. The lowest BCUT2D eigenvalue weighted by atomic mass is 9.88. The molecule has 1 unspecified atom stereocenters. The number of amides is 1. The lowest BCUT2D eigenvalue weighted by Crippen LogP contribution is -2.40. The minimum absolute atomic E-state index is 0.0614. The Bertz CT molecular complexity index is 1350. The fourth-order valence-electron chi connectivity index (χ4n) is 4.35. The SMILES string of the molecule is Cc1cc(Oc2cccc(C(=O)N3CCc4cc(Cl)c(Cl)cc4C3)c2)ccc1OC1(C)CC=C1O. The molecular formula is C28H25Cl2NO4. The van der Waals surface area contributed by atoms with Crippen molar-refractivity contribution >= 4 is 29.1 Å². The molecule has 5 nitrogen and oxygen atoms in total. The summed E-state index contributed by atoms with van der Waals surface area (Å²) >= 11 is 12.3. The Balaban J connectivity index is 1.28. The lowest BCUT2D eigenvalue weighted by molar-refractivity contribution is 0.0547. The van der Waals surface area contributed by atoms with Crippen LogP contribution in [0.25, 0.3) is 0 Å². The van der Waals surface area contributed by atoms with Crippen molar-refractivity contribution < 1.29 is 19.4 Å². The molecule has 1 heterocycles. The van der Waals surface area contributed by atoms with Crippen LogP contribution in [0.4, 0.5) is 0 Å². The van der Waals surface area contributed by atoms with E-state index in [-0.39, 0.29) is 11.7 Å². The van der Waals surface area contributed by atoms with E-state index in [1.54, 1.807) is 18.2 Å². The van der Waals surface area contributed by atoms with Gasteiger partial charge in [0.15, 0.2) is 5.60 Å². The van der Waals surface area contributed by atoms with Crippen LogP contribution in [-0.2, 0) is 13.0 Å². The standard InChI is InChI=1S/C28H25Cl2NO4/c1-17-12-22(6-7-25(17)35-28(2)10-8-26(28)32)34-21-5-3-4-19(13-21)27(33)31-11-9-18-14-23(29)24(30)15-20(18)16-31/h3-8,12-15,32H,9-11,16H2,1-2H3. The molecule has 0 radical (unpaired) electrons. The van der Waals surface area contributed by atoms with Crippen LogP contribution in [0.2, 0.25) is 10.0 Å². The quantitative estimate of drug-likeness (QED) is 0.392. The maximum Gasteiger partial charge on any atom is 0.254 e. The van der Waals surface area contributed by atoms with Crippen molar-refractivity contribution in [2.45, 2.75) is 38.8 Å². The zero-order chi connectivity index (χ0) is 24.7. The highest BCUT2D eigenvalue weighted by Gasteiger charge is 2.38. The summed E-state index contributed by atoms with van der Waals surface area (Å²) in [7, 11) is 0. The van der Waals surface area contributed by atoms with Crippen molar-refractivity contribution in [3.05, 3.63) is 98.7 Å². The Kier molecular flexibility index (Phi) is 6.16. The van der Waals surface area contributed by atoms with Gasteiger partial charge in [0.1, 0.15) is 23.0 Å². The van der Waals surface area contributed by atoms with Gasteiger partial charge in [-0.05, 0) is 91.6 Å². The van der Waals surface area contributed by atoms with Gasteiger partial charge in [-0.25, -0.2) is 0 Å². The number of aliphatic hydroxyl groups excluding tert-OH is 1. The maximum absolute atomic E-state index is 13.2. The first-order chi connectivity index (χ1) is 16.7. The molecule has 180 valence electrons. The molecule has 7 heteroatoms. The second kappa shape index (κ2) is 9.14. The number of rotatable bonds is 5. The van der Waals surface area contributed by atoms with Crippen LogP contribution < -0.4 is 9.47 Å². The zero-order valence-electron chi connectivity index (χ0n) is 19.5. The molecule has 0 fully saturated rings. The van der Waals surface area contributed by atoms with Gasteiger partial charge in [0.2, 0.25) is 0 Å². The molecule has 0 saturated carbocycles. The molecule has 3 aromatic carbocycles. The summed E-state index contributed by atoms with van der Waals surface area (Å²) in [5, 5.41) is 10.9. The first-order valence-corrected chi connectivity index (χ1v) is 12.2. The molecule has 1 aliphatic carbocycles. The van der Waals surface area contributed by atoms with Crippen LogP contribution in [0.1, 0.15) is 40.4 Å². The molecular weight excluding hydrogens is 485 g/mol. The van der Waals surface area contributed by atoms with Gasteiger partial charge in [-0.2, -0.15) is 0 Å². The van der Waals surface area contributed by atoms with E-state index in [9.17, 15) is 9.90 Å². The summed E-state index contributed by atoms with van der Waals surface area (Å²) in [5.74, 6) is 2.09. The van der Waals surface area contributed by atoms with Gasteiger partial charge in [-0.15, -0.1) is 0 Å². The Labute approximate surface area is 214 Å². The molecule has 5 rings (SSSR count). The van der Waals surface area contributed by atoms with Crippen LogP contribution in [0.5, 0.6) is 17.2 Å². The smallest absolute Gasteiger partial charge is 0.254 e. The molecule has 1 atom stereocenters. The average Bonchev–Trinajstić information content (AvgIpc) is 2.85. The minimum atomic E-state index is -0.672. The van der Waals surface area contributed by atoms with Crippen molar-refractivity contribution in [3.8, 4) is 17.2 Å². The number of ether oxygens (including phenoxy) is 2. The number of aliphatic hydroxyl groups is 1. The van der Waals surface area contributed by atoms with Crippen molar-refractivity contribution in [2.75, 3.05) is 6.54 Å². The Morgan fingerprint density at radius 3 is 2.46 bits per heavy atom. The topological polar surface area (TPSA) is 59.0 Å². The summed E-state index contributed by atoms with van der Waals surface area (Å²) in [5.41, 5.74) is 2.92. The second-order valence-corrected chi connectivity index (χ2v) is 10.0. The predicted octanol–water partition coefficient (Wildman–Crippen LogP) is 7.28. The van der Waals surface area contributed by atoms with Gasteiger partial charge < -0.3 is 19.5 Å². The molecule has 1 amide bonds. The van der Waals surface area contributed by atoms with E-state index < -0.39 is 5.60 Å². The molecule has 0 saturated heterocycles. The average molecular weight is 510 g/mol. The van der Waals surface area contributed by atoms with E-state index in [4.69, 9.17) is 32.7 Å². The van der Waals surface area contributed by atoms with Crippen molar-refractivity contribution in [1.29, 1.82) is 0 Å². The van der Waals surface area contributed by atoms with Gasteiger partial charge in [0, 0.05) is 25.1 Å². The van der Waals surface area contributed by atoms with Gasteiger partial charge in [0.05, 0.1) is 10.0 Å². The summed E-state index contributed by atoms with van der Waals surface area (Å²) in [6, 6.07) is 16.4. The van der Waals surface area contributed by atoms with Crippen LogP contribution in [0, 0.1) is 6.92 Å². The fraction of sp³-hybridized carbons (Fsp3) is 0.250. The third-order valence-electron chi connectivity index (χ3n) is 6.57. The molecule has 1 N–H and O–H groups in total. The van der Waals surface area contributed by atoms with Gasteiger partial charge in [-0.3, -0.25) is 4.79 Å². The summed E-state index contributed by atoms with van der Waals surface area (Å²) in [6.07, 6.45) is 3.14. The number of carbonyl (C=O) groups excluding carboxylic acids is 1. The van der Waals surface area contributed by atoms with E-state index in [0.717, 1.165) is 23.1 Å². The van der Waals surface area contributed by atoms with Crippen LogP contribution >= 0.6 is 23.2 Å². The normalized spacial score (nSPS) is 18.9. The third-order valence-corrected chi connectivity index (χ3v) is 7.29.